The molecular weight excluding hydrogens is 144 g/mol. The van der Waals surface area contributed by atoms with Crippen molar-refractivity contribution in [3.8, 4) is 0 Å². The molecule has 0 bridgehead atoms. The first-order valence-corrected chi connectivity index (χ1v) is 5.35. The molecule has 0 amide bonds. The van der Waals surface area contributed by atoms with Crippen molar-refractivity contribution < 1.29 is 0 Å². The van der Waals surface area contributed by atoms with Crippen LogP contribution in [0.15, 0.2) is 23.3 Å². The van der Waals surface area contributed by atoms with Crippen molar-refractivity contribution in [2.45, 2.75) is 38.5 Å². The maximum absolute atomic E-state index is 2.57. The number of fused-ring (bicyclic) bond motifs is 2. The second-order valence-electron chi connectivity index (χ2n) is 4.51. The van der Waals surface area contributed by atoms with Gasteiger partial charge in [-0.1, -0.05) is 18.6 Å². The Morgan fingerprint density at radius 1 is 0.833 bits per heavy atom. The Hall–Kier alpha value is -0.520. The molecule has 0 nitrogen and oxygen atoms in total. The van der Waals surface area contributed by atoms with Crippen LogP contribution in [0.25, 0.3) is 0 Å². The Kier molecular flexibility index (Phi) is 1.44. The summed E-state index contributed by atoms with van der Waals surface area (Å²) in [6.45, 7) is 0. The number of rotatable bonds is 0. The Labute approximate surface area is 74.4 Å². The zero-order valence-corrected chi connectivity index (χ0v) is 7.55. The summed E-state index contributed by atoms with van der Waals surface area (Å²) >= 11 is 0. The monoisotopic (exact) mass is 160 g/mol. The van der Waals surface area contributed by atoms with Crippen molar-refractivity contribution in [3.63, 3.8) is 0 Å². The van der Waals surface area contributed by atoms with E-state index in [1.165, 1.54) is 38.5 Å². The van der Waals surface area contributed by atoms with Crippen molar-refractivity contribution in [2.75, 3.05) is 0 Å². The topological polar surface area (TPSA) is 0 Å². The minimum atomic E-state index is 0.960. The molecule has 0 saturated heterocycles. The second kappa shape index (κ2) is 2.48. The molecule has 3 aliphatic carbocycles. The molecule has 0 radical (unpaired) electrons. The Morgan fingerprint density at radius 2 is 1.42 bits per heavy atom. The molecular formula is C12H16. The molecule has 3 aliphatic rings. The molecule has 0 heteroatoms. The lowest BCUT2D eigenvalue weighted by atomic mass is 9.94. The van der Waals surface area contributed by atoms with Crippen molar-refractivity contribution >= 4 is 0 Å². The average Bonchev–Trinajstić information content (AvgIpc) is 2.81. The third-order valence-corrected chi connectivity index (χ3v) is 3.53. The van der Waals surface area contributed by atoms with Crippen LogP contribution in [-0.2, 0) is 0 Å². The van der Waals surface area contributed by atoms with Crippen LogP contribution in [0.4, 0.5) is 0 Å². The lowest BCUT2D eigenvalue weighted by Gasteiger charge is -2.11. The Bertz CT molecular complexity index is 231. The van der Waals surface area contributed by atoms with Crippen LogP contribution in [0.5, 0.6) is 0 Å². The van der Waals surface area contributed by atoms with Gasteiger partial charge in [0.15, 0.2) is 0 Å². The van der Waals surface area contributed by atoms with E-state index < -0.39 is 0 Å². The number of hydrogen-bond donors (Lipinski definition) is 0. The molecule has 0 heterocycles. The van der Waals surface area contributed by atoms with E-state index in [1.807, 2.05) is 0 Å². The van der Waals surface area contributed by atoms with Crippen LogP contribution in [-0.4, -0.2) is 0 Å². The average molecular weight is 160 g/mol. The van der Waals surface area contributed by atoms with Gasteiger partial charge in [0.25, 0.3) is 0 Å². The Balaban J connectivity index is 1.92. The molecule has 0 aromatic heterocycles. The second-order valence-corrected chi connectivity index (χ2v) is 4.51. The SMILES string of the molecule is C1=C2CCCCCC2=CC2CC12. The third kappa shape index (κ3) is 1.05. The highest BCUT2D eigenvalue weighted by Crippen LogP contribution is 2.48. The molecule has 2 unspecified atom stereocenters. The summed E-state index contributed by atoms with van der Waals surface area (Å²) in [5.74, 6) is 1.92. The van der Waals surface area contributed by atoms with E-state index in [-0.39, 0.29) is 0 Å². The zero-order valence-electron chi connectivity index (χ0n) is 7.55. The maximum atomic E-state index is 2.57. The van der Waals surface area contributed by atoms with E-state index >= 15 is 0 Å². The molecule has 2 atom stereocenters. The van der Waals surface area contributed by atoms with Gasteiger partial charge < -0.3 is 0 Å². The quantitative estimate of drug-likeness (QED) is 0.509. The summed E-state index contributed by atoms with van der Waals surface area (Å²) in [4.78, 5) is 0. The van der Waals surface area contributed by atoms with Crippen LogP contribution in [0.2, 0.25) is 0 Å². The van der Waals surface area contributed by atoms with Gasteiger partial charge in [0.1, 0.15) is 0 Å². The fourth-order valence-corrected chi connectivity index (χ4v) is 2.65. The first-order chi connectivity index (χ1) is 5.93. The van der Waals surface area contributed by atoms with Crippen molar-refractivity contribution in [1.82, 2.24) is 0 Å². The molecule has 64 valence electrons. The van der Waals surface area contributed by atoms with Crippen molar-refractivity contribution in [2.24, 2.45) is 11.8 Å². The molecule has 0 aromatic rings. The fourth-order valence-electron chi connectivity index (χ4n) is 2.65. The summed E-state index contributed by atoms with van der Waals surface area (Å²) in [7, 11) is 0. The van der Waals surface area contributed by atoms with Gasteiger partial charge in [-0.05, 0) is 55.1 Å². The zero-order chi connectivity index (χ0) is 7.97. The predicted molar refractivity (Wildman–Crippen MR) is 50.8 cm³/mol. The highest BCUT2D eigenvalue weighted by atomic mass is 14.4. The van der Waals surface area contributed by atoms with Crippen LogP contribution >= 0.6 is 0 Å². The van der Waals surface area contributed by atoms with E-state index in [2.05, 4.69) is 12.2 Å². The molecule has 12 heavy (non-hydrogen) atoms. The number of allylic oxidation sites excluding steroid dienone is 4. The standard InChI is InChI=1S/C12H16/c1-2-4-9-6-11-8-12(11)7-10(9)5-3-1/h6-7,11-12H,1-5,8H2. The molecule has 2 saturated carbocycles. The smallest absolute Gasteiger partial charge is 0.0158 e. The van der Waals surface area contributed by atoms with E-state index in [4.69, 9.17) is 0 Å². The van der Waals surface area contributed by atoms with Crippen LogP contribution in [0.1, 0.15) is 38.5 Å². The summed E-state index contributed by atoms with van der Waals surface area (Å²) in [6.07, 6.45) is 13.7. The summed E-state index contributed by atoms with van der Waals surface area (Å²) < 4.78 is 0. The lowest BCUT2D eigenvalue weighted by Crippen LogP contribution is -1.94. The van der Waals surface area contributed by atoms with Crippen molar-refractivity contribution in [3.05, 3.63) is 23.3 Å². The van der Waals surface area contributed by atoms with Gasteiger partial charge in [-0.3, -0.25) is 0 Å². The fraction of sp³-hybridized carbons (Fsp3) is 0.667. The van der Waals surface area contributed by atoms with Gasteiger partial charge in [-0.2, -0.15) is 0 Å². The lowest BCUT2D eigenvalue weighted by molar-refractivity contribution is 0.719. The van der Waals surface area contributed by atoms with Crippen molar-refractivity contribution in [1.29, 1.82) is 0 Å². The minimum absolute atomic E-state index is 0.960. The van der Waals surface area contributed by atoms with E-state index in [0.717, 1.165) is 11.8 Å². The highest BCUT2D eigenvalue weighted by Gasteiger charge is 2.37. The molecule has 3 rings (SSSR count). The molecule has 0 aromatic carbocycles. The summed E-state index contributed by atoms with van der Waals surface area (Å²) in [5.41, 5.74) is 3.43. The summed E-state index contributed by atoms with van der Waals surface area (Å²) in [6, 6.07) is 0. The first kappa shape index (κ1) is 6.94. The molecule has 0 N–H and O–H groups in total. The van der Waals surface area contributed by atoms with Gasteiger partial charge in [-0.25, -0.2) is 0 Å². The largest absolute Gasteiger partial charge is 0.0773 e. The molecule has 0 spiro atoms. The van der Waals surface area contributed by atoms with Gasteiger partial charge in [0.2, 0.25) is 0 Å². The Morgan fingerprint density at radius 3 is 2.00 bits per heavy atom. The van der Waals surface area contributed by atoms with Crippen LogP contribution in [0.3, 0.4) is 0 Å². The summed E-state index contributed by atoms with van der Waals surface area (Å²) in [5, 5.41) is 0. The molecule has 2 fully saturated rings. The maximum Gasteiger partial charge on any atom is -0.0158 e. The third-order valence-electron chi connectivity index (χ3n) is 3.53. The normalized spacial score (nSPS) is 38.7. The predicted octanol–water partition coefficient (Wildman–Crippen LogP) is 3.45. The first-order valence-electron chi connectivity index (χ1n) is 5.35. The molecule has 0 aliphatic heterocycles. The van der Waals surface area contributed by atoms with Gasteiger partial charge >= 0.3 is 0 Å². The highest BCUT2D eigenvalue weighted by molar-refractivity contribution is 5.39. The van der Waals surface area contributed by atoms with Gasteiger partial charge in [-0.15, -0.1) is 0 Å². The van der Waals surface area contributed by atoms with E-state index in [0.29, 0.717) is 0 Å². The van der Waals surface area contributed by atoms with Gasteiger partial charge in [0.05, 0.1) is 0 Å². The van der Waals surface area contributed by atoms with Gasteiger partial charge in [0, 0.05) is 0 Å². The number of hydrogen-bond acceptors (Lipinski definition) is 0. The van der Waals surface area contributed by atoms with E-state index in [9.17, 15) is 0 Å². The van der Waals surface area contributed by atoms with Crippen LogP contribution < -0.4 is 0 Å². The van der Waals surface area contributed by atoms with Crippen LogP contribution in [0, 0.1) is 11.8 Å². The minimum Gasteiger partial charge on any atom is -0.0773 e. The van der Waals surface area contributed by atoms with E-state index in [1.54, 1.807) is 11.1 Å².